The van der Waals surface area contributed by atoms with Crippen molar-refractivity contribution in [3.8, 4) is 0 Å². The third-order valence-corrected chi connectivity index (χ3v) is 6.09. The molecule has 0 aromatic heterocycles. The highest BCUT2D eigenvalue weighted by Crippen LogP contribution is 2.26. The number of ketones is 1. The average Bonchev–Trinajstić information content (AvgIpc) is 2.76. The smallest absolute Gasteiger partial charge is 0.238 e. The number of hydrogen-bond acceptors (Lipinski definition) is 4. The van der Waals surface area contributed by atoms with Crippen LogP contribution in [-0.2, 0) is 4.79 Å². The molecule has 0 unspecified atom stereocenters. The number of rotatable bonds is 9. The number of halogens is 2. The van der Waals surface area contributed by atoms with Gasteiger partial charge in [0, 0.05) is 42.3 Å². The quantitative estimate of drug-likeness (QED) is 0.422. The minimum atomic E-state index is -0.274. The molecule has 7 heteroatoms. The highest BCUT2D eigenvalue weighted by Gasteiger charge is 2.21. The zero-order chi connectivity index (χ0) is 22.2. The zero-order valence-corrected chi connectivity index (χ0v) is 19.4. The summed E-state index contributed by atoms with van der Waals surface area (Å²) in [5.41, 5.74) is 1.15. The third kappa shape index (κ3) is 6.78. The molecule has 1 aliphatic heterocycles. The summed E-state index contributed by atoms with van der Waals surface area (Å²) in [6, 6.07) is 11.7. The van der Waals surface area contributed by atoms with Crippen LogP contribution in [0.3, 0.4) is 0 Å². The molecule has 0 atom stereocenters. The third-order valence-electron chi connectivity index (χ3n) is 5.53. The Labute approximate surface area is 194 Å². The minimum absolute atomic E-state index is 0.144. The molecular formula is C24H29Cl2N3O2. The van der Waals surface area contributed by atoms with Gasteiger partial charge in [0.2, 0.25) is 5.91 Å². The first-order valence-corrected chi connectivity index (χ1v) is 11.6. The van der Waals surface area contributed by atoms with Crippen LogP contribution < -0.4 is 5.32 Å². The Morgan fingerprint density at radius 2 is 1.65 bits per heavy atom. The van der Waals surface area contributed by atoms with E-state index in [9.17, 15) is 9.59 Å². The first-order chi connectivity index (χ1) is 15.0. The summed E-state index contributed by atoms with van der Waals surface area (Å²) in [7, 11) is 0. The summed E-state index contributed by atoms with van der Waals surface area (Å²) >= 11 is 12.3. The van der Waals surface area contributed by atoms with E-state index in [1.807, 2.05) is 0 Å². The van der Waals surface area contributed by atoms with Crippen LogP contribution in [0, 0.1) is 0 Å². The maximum atomic E-state index is 13.0. The van der Waals surface area contributed by atoms with Gasteiger partial charge in [-0.15, -0.1) is 0 Å². The molecule has 2 aromatic carbocycles. The fourth-order valence-electron chi connectivity index (χ4n) is 3.75. The molecule has 0 saturated carbocycles. The van der Waals surface area contributed by atoms with Crippen molar-refractivity contribution in [2.45, 2.75) is 26.2 Å². The van der Waals surface area contributed by atoms with Crippen molar-refractivity contribution in [1.29, 1.82) is 0 Å². The van der Waals surface area contributed by atoms with E-state index in [0.29, 0.717) is 33.4 Å². The van der Waals surface area contributed by atoms with Crippen LogP contribution in [0.15, 0.2) is 42.5 Å². The number of hydrogen-bond donors (Lipinski definition) is 1. The Morgan fingerprint density at radius 3 is 2.35 bits per heavy atom. The molecule has 1 N–H and O–H groups in total. The molecule has 166 valence electrons. The lowest BCUT2D eigenvalue weighted by molar-refractivity contribution is -0.117. The van der Waals surface area contributed by atoms with E-state index < -0.39 is 0 Å². The second-order valence-electron chi connectivity index (χ2n) is 7.87. The Balaban J connectivity index is 1.61. The fourth-order valence-corrected chi connectivity index (χ4v) is 4.15. The molecular weight excluding hydrogens is 433 g/mol. The van der Waals surface area contributed by atoms with Gasteiger partial charge in [0.05, 0.1) is 17.3 Å². The van der Waals surface area contributed by atoms with Crippen LogP contribution in [0.2, 0.25) is 10.0 Å². The summed E-state index contributed by atoms with van der Waals surface area (Å²) in [6.07, 6.45) is 3.72. The molecule has 0 radical (unpaired) electrons. The molecule has 2 aromatic rings. The number of unbranched alkanes of at least 4 members (excludes halogenated alkanes) is 2. The molecule has 0 aliphatic carbocycles. The molecule has 1 fully saturated rings. The SMILES string of the molecule is CCCCCN1CCN(CC(=O)Nc2ccc(Cl)cc2C(=O)c2ccccc2Cl)CC1. The predicted octanol–water partition coefficient (Wildman–Crippen LogP) is 4.97. The van der Waals surface area contributed by atoms with Crippen molar-refractivity contribution in [3.05, 3.63) is 63.6 Å². The maximum absolute atomic E-state index is 13.0. The maximum Gasteiger partial charge on any atom is 0.238 e. The van der Waals surface area contributed by atoms with E-state index in [4.69, 9.17) is 23.2 Å². The lowest BCUT2D eigenvalue weighted by atomic mass is 10.0. The summed E-state index contributed by atoms with van der Waals surface area (Å²) in [6.45, 7) is 7.33. The number of nitrogens with zero attached hydrogens (tertiary/aromatic N) is 2. The van der Waals surface area contributed by atoms with Crippen LogP contribution in [0.4, 0.5) is 5.69 Å². The normalized spacial score (nSPS) is 15.1. The minimum Gasteiger partial charge on any atom is -0.324 e. The van der Waals surface area contributed by atoms with Crippen LogP contribution >= 0.6 is 23.2 Å². The van der Waals surface area contributed by atoms with Crippen molar-refractivity contribution < 1.29 is 9.59 Å². The van der Waals surface area contributed by atoms with E-state index in [0.717, 1.165) is 32.7 Å². The molecule has 1 aliphatic rings. The highest BCUT2D eigenvalue weighted by molar-refractivity contribution is 6.36. The Bertz CT molecular complexity index is 911. The first-order valence-electron chi connectivity index (χ1n) is 10.8. The Hall–Kier alpha value is -1.92. The molecule has 1 amide bonds. The standard InChI is InChI=1S/C24H29Cl2N3O2/c1-2-3-6-11-28-12-14-29(15-13-28)17-23(30)27-22-10-9-18(25)16-20(22)24(31)19-7-4-5-8-21(19)26/h4-5,7-10,16H,2-3,6,11-15,17H2,1H3,(H,27,30). The number of amides is 1. The van der Waals surface area contributed by atoms with Crippen molar-refractivity contribution in [3.63, 3.8) is 0 Å². The van der Waals surface area contributed by atoms with Gasteiger partial charge in [-0.2, -0.15) is 0 Å². The molecule has 5 nitrogen and oxygen atoms in total. The van der Waals surface area contributed by atoms with Gasteiger partial charge >= 0.3 is 0 Å². The van der Waals surface area contributed by atoms with Gasteiger partial charge in [-0.05, 0) is 43.3 Å². The molecule has 31 heavy (non-hydrogen) atoms. The van der Waals surface area contributed by atoms with Crippen LogP contribution in [0.1, 0.15) is 42.1 Å². The molecule has 0 bridgehead atoms. The number of benzene rings is 2. The Morgan fingerprint density at radius 1 is 0.935 bits per heavy atom. The molecule has 3 rings (SSSR count). The number of nitrogens with one attached hydrogen (secondary N) is 1. The van der Waals surface area contributed by atoms with E-state index >= 15 is 0 Å². The van der Waals surface area contributed by atoms with Gasteiger partial charge in [0.25, 0.3) is 0 Å². The van der Waals surface area contributed by atoms with Crippen molar-refractivity contribution in [2.75, 3.05) is 44.6 Å². The Kier molecular flexibility index (Phi) is 8.90. The molecule has 1 saturated heterocycles. The summed E-state index contributed by atoms with van der Waals surface area (Å²) in [4.78, 5) is 30.4. The number of anilines is 1. The first kappa shape index (κ1) is 23.7. The van der Waals surface area contributed by atoms with E-state index in [-0.39, 0.29) is 11.7 Å². The summed E-state index contributed by atoms with van der Waals surface area (Å²) < 4.78 is 0. The largest absolute Gasteiger partial charge is 0.324 e. The van der Waals surface area contributed by atoms with Crippen molar-refractivity contribution >= 4 is 40.6 Å². The monoisotopic (exact) mass is 461 g/mol. The highest BCUT2D eigenvalue weighted by atomic mass is 35.5. The number of carbonyl (C=O) groups is 2. The lowest BCUT2D eigenvalue weighted by Crippen LogP contribution is -2.48. The van der Waals surface area contributed by atoms with E-state index in [1.165, 1.54) is 19.3 Å². The van der Waals surface area contributed by atoms with Crippen LogP contribution in [0.25, 0.3) is 0 Å². The topological polar surface area (TPSA) is 52.6 Å². The van der Waals surface area contributed by atoms with Gasteiger partial charge in [0.15, 0.2) is 5.78 Å². The fraction of sp³-hybridized carbons (Fsp3) is 0.417. The van der Waals surface area contributed by atoms with Gasteiger partial charge in [0.1, 0.15) is 0 Å². The van der Waals surface area contributed by atoms with Crippen molar-refractivity contribution in [1.82, 2.24) is 9.80 Å². The van der Waals surface area contributed by atoms with Gasteiger partial charge in [-0.3, -0.25) is 14.5 Å². The van der Waals surface area contributed by atoms with Crippen LogP contribution in [-0.4, -0.2) is 60.8 Å². The summed E-state index contributed by atoms with van der Waals surface area (Å²) in [5, 5.41) is 3.68. The van der Waals surface area contributed by atoms with Crippen molar-refractivity contribution in [2.24, 2.45) is 0 Å². The van der Waals surface area contributed by atoms with Gasteiger partial charge in [-0.25, -0.2) is 0 Å². The number of carbonyl (C=O) groups excluding carboxylic acids is 2. The summed E-state index contributed by atoms with van der Waals surface area (Å²) in [5.74, 6) is -0.418. The zero-order valence-electron chi connectivity index (χ0n) is 17.9. The van der Waals surface area contributed by atoms with Gasteiger partial charge < -0.3 is 10.2 Å². The molecule has 1 heterocycles. The lowest BCUT2D eigenvalue weighted by Gasteiger charge is -2.34. The second kappa shape index (κ2) is 11.6. The van der Waals surface area contributed by atoms with E-state index in [1.54, 1.807) is 42.5 Å². The van der Waals surface area contributed by atoms with E-state index in [2.05, 4.69) is 22.0 Å². The number of piperazine rings is 1. The van der Waals surface area contributed by atoms with Gasteiger partial charge in [-0.1, -0.05) is 55.1 Å². The second-order valence-corrected chi connectivity index (χ2v) is 8.72. The average molecular weight is 462 g/mol. The molecule has 0 spiro atoms. The predicted molar refractivity (Wildman–Crippen MR) is 127 cm³/mol. The van der Waals surface area contributed by atoms with Crippen LogP contribution in [0.5, 0.6) is 0 Å².